The van der Waals surface area contributed by atoms with Gasteiger partial charge in [0, 0.05) is 6.54 Å². The standard InChI is InChI=1S/C11H16N4.ClH/c1-7-5-9(12)10(6-8(7)2)15-11-13-3-4-14-11;/h5-6H,3-4,12H2,1-2H3,(H2,13,14,15);1H. The van der Waals surface area contributed by atoms with Gasteiger partial charge in [0.2, 0.25) is 0 Å². The zero-order chi connectivity index (χ0) is 10.8. The van der Waals surface area contributed by atoms with Crippen LogP contribution in [0, 0.1) is 13.8 Å². The van der Waals surface area contributed by atoms with Gasteiger partial charge in [-0.25, -0.2) is 0 Å². The quantitative estimate of drug-likeness (QED) is 0.655. The molecule has 0 radical (unpaired) electrons. The number of hydrogen-bond donors (Lipinski definition) is 3. The van der Waals surface area contributed by atoms with Crippen LogP contribution in [0.15, 0.2) is 17.1 Å². The topological polar surface area (TPSA) is 62.4 Å². The summed E-state index contributed by atoms with van der Waals surface area (Å²) in [5.74, 6) is 0.810. The van der Waals surface area contributed by atoms with Crippen LogP contribution in [0.4, 0.5) is 11.4 Å². The maximum Gasteiger partial charge on any atom is 0.195 e. The number of rotatable bonds is 1. The van der Waals surface area contributed by atoms with Crippen molar-refractivity contribution in [2.45, 2.75) is 13.8 Å². The van der Waals surface area contributed by atoms with Crippen LogP contribution in [0.2, 0.25) is 0 Å². The van der Waals surface area contributed by atoms with Crippen LogP contribution in [0.5, 0.6) is 0 Å². The number of benzene rings is 1. The SMILES string of the molecule is Cc1cc(N)c(NC2=NCCN2)cc1C.Cl. The van der Waals surface area contributed by atoms with Crippen molar-refractivity contribution < 1.29 is 0 Å². The Morgan fingerprint density at radius 2 is 2.00 bits per heavy atom. The van der Waals surface area contributed by atoms with E-state index in [9.17, 15) is 0 Å². The molecule has 0 fully saturated rings. The van der Waals surface area contributed by atoms with Gasteiger partial charge in [-0.3, -0.25) is 4.99 Å². The smallest absolute Gasteiger partial charge is 0.195 e. The van der Waals surface area contributed by atoms with Crippen LogP contribution in [-0.2, 0) is 0 Å². The lowest BCUT2D eigenvalue weighted by Crippen LogP contribution is -2.26. The maximum absolute atomic E-state index is 5.92. The van der Waals surface area contributed by atoms with Gasteiger partial charge in [0.15, 0.2) is 5.96 Å². The van der Waals surface area contributed by atoms with Gasteiger partial charge in [-0.2, -0.15) is 0 Å². The number of halogens is 1. The first-order valence-corrected chi connectivity index (χ1v) is 5.09. The molecule has 1 aromatic rings. The minimum Gasteiger partial charge on any atom is -0.397 e. The van der Waals surface area contributed by atoms with Crippen LogP contribution in [0.3, 0.4) is 0 Å². The molecule has 88 valence electrons. The largest absolute Gasteiger partial charge is 0.397 e. The molecule has 16 heavy (non-hydrogen) atoms. The molecule has 0 bridgehead atoms. The Bertz CT molecular complexity index is 415. The number of anilines is 2. The van der Waals surface area contributed by atoms with Crippen LogP contribution < -0.4 is 16.4 Å². The number of hydrogen-bond acceptors (Lipinski definition) is 4. The van der Waals surface area contributed by atoms with E-state index < -0.39 is 0 Å². The number of aliphatic imine (C=N–C) groups is 1. The summed E-state index contributed by atoms with van der Waals surface area (Å²) in [5, 5.41) is 6.34. The fourth-order valence-electron chi connectivity index (χ4n) is 1.56. The second-order valence-corrected chi connectivity index (χ2v) is 3.81. The van der Waals surface area contributed by atoms with Gasteiger partial charge in [-0.1, -0.05) is 0 Å². The minimum absolute atomic E-state index is 0. The molecule has 0 amide bonds. The average molecular weight is 241 g/mol. The lowest BCUT2D eigenvalue weighted by molar-refractivity contribution is 0.959. The molecule has 0 saturated heterocycles. The zero-order valence-electron chi connectivity index (χ0n) is 9.50. The summed E-state index contributed by atoms with van der Waals surface area (Å²) in [4.78, 5) is 4.26. The van der Waals surface area contributed by atoms with Crippen molar-refractivity contribution in [3.8, 4) is 0 Å². The van der Waals surface area contributed by atoms with Gasteiger partial charge in [-0.05, 0) is 37.1 Å². The van der Waals surface area contributed by atoms with E-state index in [0.717, 1.165) is 30.4 Å². The molecule has 4 N–H and O–H groups in total. The zero-order valence-corrected chi connectivity index (χ0v) is 10.3. The van der Waals surface area contributed by atoms with Gasteiger partial charge in [0.05, 0.1) is 17.9 Å². The van der Waals surface area contributed by atoms with Crippen molar-refractivity contribution in [2.75, 3.05) is 24.1 Å². The van der Waals surface area contributed by atoms with Gasteiger partial charge in [0.25, 0.3) is 0 Å². The summed E-state index contributed by atoms with van der Waals surface area (Å²) >= 11 is 0. The number of aryl methyl sites for hydroxylation is 2. The van der Waals surface area contributed by atoms with Gasteiger partial charge in [-0.15, -0.1) is 12.4 Å². The molecular formula is C11H17ClN4. The molecule has 0 spiro atoms. The molecule has 0 aliphatic carbocycles. The van der Waals surface area contributed by atoms with Crippen molar-refractivity contribution in [3.63, 3.8) is 0 Å². The monoisotopic (exact) mass is 240 g/mol. The van der Waals surface area contributed by atoms with Crippen LogP contribution in [0.25, 0.3) is 0 Å². The normalized spacial score (nSPS) is 13.8. The van der Waals surface area contributed by atoms with Crippen LogP contribution >= 0.6 is 12.4 Å². The summed E-state index contributed by atoms with van der Waals surface area (Å²) in [7, 11) is 0. The van der Waals surface area contributed by atoms with E-state index >= 15 is 0 Å². The van der Waals surface area contributed by atoms with Crippen molar-refractivity contribution in [1.82, 2.24) is 5.32 Å². The Labute approximate surface area is 102 Å². The number of nitrogen functional groups attached to an aromatic ring is 1. The average Bonchev–Trinajstić information content (AvgIpc) is 2.67. The van der Waals surface area contributed by atoms with E-state index in [2.05, 4.69) is 29.5 Å². The fraction of sp³-hybridized carbons (Fsp3) is 0.364. The van der Waals surface area contributed by atoms with E-state index in [0.29, 0.717) is 0 Å². The molecule has 5 heteroatoms. The highest BCUT2D eigenvalue weighted by atomic mass is 35.5. The molecular weight excluding hydrogens is 224 g/mol. The Kier molecular flexibility index (Phi) is 4.01. The molecule has 0 atom stereocenters. The second-order valence-electron chi connectivity index (χ2n) is 3.81. The van der Waals surface area contributed by atoms with Crippen molar-refractivity contribution in [1.29, 1.82) is 0 Å². The minimum atomic E-state index is 0. The molecule has 1 aliphatic rings. The number of nitrogens with two attached hydrogens (primary N) is 1. The molecule has 1 aromatic carbocycles. The highest BCUT2D eigenvalue weighted by Gasteiger charge is 2.08. The fourth-order valence-corrected chi connectivity index (χ4v) is 1.56. The Balaban J connectivity index is 0.00000128. The second kappa shape index (κ2) is 5.07. The van der Waals surface area contributed by atoms with Crippen LogP contribution in [-0.4, -0.2) is 19.0 Å². The first kappa shape index (κ1) is 12.6. The van der Waals surface area contributed by atoms with E-state index in [-0.39, 0.29) is 12.4 Å². The van der Waals surface area contributed by atoms with Gasteiger partial charge in [0.1, 0.15) is 0 Å². The molecule has 4 nitrogen and oxygen atoms in total. The third-order valence-corrected chi connectivity index (χ3v) is 2.59. The Morgan fingerprint density at radius 1 is 1.31 bits per heavy atom. The summed E-state index contributed by atoms with van der Waals surface area (Å²) in [6, 6.07) is 4.03. The summed E-state index contributed by atoms with van der Waals surface area (Å²) in [5.41, 5.74) is 10.0. The van der Waals surface area contributed by atoms with E-state index in [4.69, 9.17) is 5.73 Å². The Hall–Kier alpha value is -1.42. The van der Waals surface area contributed by atoms with Crippen molar-refractivity contribution >= 4 is 29.7 Å². The molecule has 0 aromatic heterocycles. The first-order valence-electron chi connectivity index (χ1n) is 5.09. The molecule has 1 heterocycles. The highest BCUT2D eigenvalue weighted by Crippen LogP contribution is 2.22. The van der Waals surface area contributed by atoms with Crippen molar-refractivity contribution in [2.24, 2.45) is 4.99 Å². The van der Waals surface area contributed by atoms with Crippen molar-refractivity contribution in [3.05, 3.63) is 23.3 Å². The lowest BCUT2D eigenvalue weighted by Gasteiger charge is -2.11. The van der Waals surface area contributed by atoms with E-state index in [1.54, 1.807) is 0 Å². The molecule has 0 unspecified atom stereocenters. The number of guanidine groups is 1. The number of nitrogens with zero attached hydrogens (tertiary/aromatic N) is 1. The van der Waals surface area contributed by atoms with Gasteiger partial charge >= 0.3 is 0 Å². The summed E-state index contributed by atoms with van der Waals surface area (Å²) < 4.78 is 0. The highest BCUT2D eigenvalue weighted by molar-refractivity contribution is 5.97. The van der Waals surface area contributed by atoms with Crippen LogP contribution in [0.1, 0.15) is 11.1 Å². The molecule has 0 saturated carbocycles. The lowest BCUT2D eigenvalue weighted by atomic mass is 10.1. The van der Waals surface area contributed by atoms with E-state index in [1.165, 1.54) is 11.1 Å². The predicted octanol–water partition coefficient (Wildman–Crippen LogP) is 1.68. The first-order chi connectivity index (χ1) is 7.16. The summed E-state index contributed by atoms with van der Waals surface area (Å²) in [6.45, 7) is 5.85. The number of nitrogens with one attached hydrogen (secondary N) is 2. The summed E-state index contributed by atoms with van der Waals surface area (Å²) in [6.07, 6.45) is 0. The maximum atomic E-state index is 5.92. The predicted molar refractivity (Wildman–Crippen MR) is 71.5 cm³/mol. The third kappa shape index (κ3) is 2.58. The van der Waals surface area contributed by atoms with E-state index in [1.807, 2.05) is 12.1 Å². The molecule has 2 rings (SSSR count). The Morgan fingerprint density at radius 3 is 2.62 bits per heavy atom. The third-order valence-electron chi connectivity index (χ3n) is 2.59. The molecule has 1 aliphatic heterocycles. The van der Waals surface area contributed by atoms with Gasteiger partial charge < -0.3 is 16.4 Å².